The zero-order valence-corrected chi connectivity index (χ0v) is 32.6. The maximum Gasteiger partial charge on any atom is 0.264 e. The molecule has 0 atom stereocenters. The highest BCUT2D eigenvalue weighted by molar-refractivity contribution is 7.86. The first-order chi connectivity index (χ1) is 24.5. The van der Waals surface area contributed by atoms with Crippen LogP contribution in [0.2, 0.25) is 0 Å². The molecule has 0 saturated carbocycles. The SMILES string of the molecule is CCCCC(=O)NCCCCCCCCCCCCNC(=O)c1cc(OCCCS(=O)(=O)O)c(OCCCS(=O)(=O)O)c(OCCCS(=O)(=O)O)c1. The highest BCUT2D eigenvalue weighted by Crippen LogP contribution is 2.39. The summed E-state index contributed by atoms with van der Waals surface area (Å²) in [7, 11) is -12.8. The zero-order valence-electron chi connectivity index (χ0n) is 30.2. The number of ether oxygens (including phenoxy) is 3. The van der Waals surface area contributed by atoms with E-state index >= 15 is 0 Å². The minimum atomic E-state index is -4.27. The van der Waals surface area contributed by atoms with Crippen LogP contribution in [0.25, 0.3) is 0 Å². The van der Waals surface area contributed by atoms with E-state index in [0.717, 1.165) is 83.6 Å². The van der Waals surface area contributed by atoms with Crippen molar-refractivity contribution in [2.45, 2.75) is 110 Å². The summed E-state index contributed by atoms with van der Waals surface area (Å²) in [5, 5.41) is 5.80. The number of hydrogen-bond acceptors (Lipinski definition) is 11. The second-order valence-corrected chi connectivity index (χ2v) is 17.2. The maximum absolute atomic E-state index is 13.1. The van der Waals surface area contributed by atoms with Crippen molar-refractivity contribution in [3.05, 3.63) is 17.7 Å². The summed E-state index contributed by atoms with van der Waals surface area (Å²) in [4.78, 5) is 24.7. The van der Waals surface area contributed by atoms with E-state index in [1.165, 1.54) is 12.1 Å². The van der Waals surface area contributed by atoms with Crippen molar-refractivity contribution < 1.29 is 62.7 Å². The van der Waals surface area contributed by atoms with Gasteiger partial charge in [0.05, 0.1) is 37.1 Å². The summed E-state index contributed by atoms with van der Waals surface area (Å²) in [6.45, 7) is 2.49. The average Bonchev–Trinajstić information content (AvgIpc) is 3.05. The van der Waals surface area contributed by atoms with Gasteiger partial charge in [0.1, 0.15) is 0 Å². The summed E-state index contributed by atoms with van der Waals surface area (Å²) < 4.78 is 111. The predicted octanol–water partition coefficient (Wildman–Crippen LogP) is 4.59. The largest absolute Gasteiger partial charge is 0.489 e. The van der Waals surface area contributed by atoms with Crippen molar-refractivity contribution in [2.24, 2.45) is 0 Å². The molecule has 0 unspecified atom stereocenters. The van der Waals surface area contributed by atoms with Gasteiger partial charge in [-0.2, -0.15) is 25.3 Å². The smallest absolute Gasteiger partial charge is 0.264 e. The topological polar surface area (TPSA) is 249 Å². The number of carbonyl (C=O) groups is 2. The van der Waals surface area contributed by atoms with Crippen molar-refractivity contribution in [3.63, 3.8) is 0 Å². The molecule has 1 rings (SSSR count). The van der Waals surface area contributed by atoms with Gasteiger partial charge >= 0.3 is 0 Å². The van der Waals surface area contributed by atoms with E-state index < -0.39 is 53.5 Å². The number of rotatable bonds is 32. The third-order valence-corrected chi connectivity index (χ3v) is 10.1. The fourth-order valence-corrected chi connectivity index (χ4v) is 6.40. The number of benzene rings is 1. The highest BCUT2D eigenvalue weighted by Gasteiger charge is 2.20. The van der Waals surface area contributed by atoms with Crippen LogP contribution < -0.4 is 24.8 Å². The molecule has 16 nitrogen and oxygen atoms in total. The lowest BCUT2D eigenvalue weighted by atomic mass is 10.1. The Morgan fingerprint density at radius 2 is 0.942 bits per heavy atom. The van der Waals surface area contributed by atoms with Crippen LogP contribution in [-0.4, -0.2) is 101 Å². The predicted molar refractivity (Wildman–Crippen MR) is 197 cm³/mol. The van der Waals surface area contributed by atoms with E-state index in [2.05, 4.69) is 17.6 Å². The molecule has 0 aliphatic carbocycles. The average molecular weight is 803 g/mol. The van der Waals surface area contributed by atoms with Gasteiger partial charge in [-0.05, 0) is 50.7 Å². The Balaban J connectivity index is 2.70. The van der Waals surface area contributed by atoms with Crippen LogP contribution in [0.1, 0.15) is 120 Å². The maximum atomic E-state index is 13.1. The second kappa shape index (κ2) is 26.1. The molecule has 0 saturated heterocycles. The minimum Gasteiger partial charge on any atom is -0.489 e. The Hall–Kier alpha value is -2.71. The van der Waals surface area contributed by atoms with Gasteiger partial charge in [0.15, 0.2) is 11.5 Å². The highest BCUT2D eigenvalue weighted by atomic mass is 32.2. The van der Waals surface area contributed by atoms with Gasteiger partial charge < -0.3 is 24.8 Å². The van der Waals surface area contributed by atoms with E-state index in [0.29, 0.717) is 13.0 Å². The molecule has 0 aliphatic rings. The zero-order chi connectivity index (χ0) is 38.9. The molecule has 0 spiro atoms. The summed E-state index contributed by atoms with van der Waals surface area (Å²) >= 11 is 0. The molecule has 0 fully saturated rings. The molecule has 1 aromatic carbocycles. The van der Waals surface area contributed by atoms with Crippen LogP contribution in [0.4, 0.5) is 0 Å². The Morgan fingerprint density at radius 3 is 1.35 bits per heavy atom. The van der Waals surface area contributed by atoms with Crippen LogP contribution in [0, 0.1) is 0 Å². The lowest BCUT2D eigenvalue weighted by Crippen LogP contribution is -2.24. The van der Waals surface area contributed by atoms with Crippen LogP contribution in [0.3, 0.4) is 0 Å². The first-order valence-corrected chi connectivity index (χ1v) is 22.8. The van der Waals surface area contributed by atoms with Crippen LogP contribution in [0.15, 0.2) is 12.1 Å². The molecule has 5 N–H and O–H groups in total. The molecule has 1 aromatic rings. The van der Waals surface area contributed by atoms with Crippen molar-refractivity contribution in [1.82, 2.24) is 10.6 Å². The fraction of sp³-hybridized carbons (Fsp3) is 0.758. The van der Waals surface area contributed by atoms with Crippen LogP contribution in [-0.2, 0) is 35.1 Å². The molecule has 2 amide bonds. The molecule has 52 heavy (non-hydrogen) atoms. The Bertz CT molecular complexity index is 1460. The third kappa shape index (κ3) is 26.1. The number of nitrogens with one attached hydrogen (secondary N) is 2. The normalized spacial score (nSPS) is 12.0. The van der Waals surface area contributed by atoms with Gasteiger partial charge in [0.2, 0.25) is 11.7 Å². The van der Waals surface area contributed by atoms with Gasteiger partial charge in [-0.1, -0.05) is 64.7 Å². The van der Waals surface area contributed by atoms with Crippen LogP contribution in [0.5, 0.6) is 17.2 Å². The summed E-state index contributed by atoms with van der Waals surface area (Å²) in [6, 6.07) is 2.66. The second-order valence-electron chi connectivity index (χ2n) is 12.5. The Morgan fingerprint density at radius 1 is 0.558 bits per heavy atom. The molecule has 0 bridgehead atoms. The summed E-state index contributed by atoms with van der Waals surface area (Å²) in [6.07, 6.45) is 12.6. The third-order valence-electron chi connectivity index (χ3n) is 7.65. The first kappa shape index (κ1) is 47.3. The molecule has 302 valence electrons. The first-order valence-electron chi connectivity index (χ1n) is 18.0. The molecular formula is C33H58N2O14S3. The van der Waals surface area contributed by atoms with E-state index in [9.17, 15) is 34.8 Å². The molecule has 0 aliphatic heterocycles. The molecule has 0 heterocycles. The van der Waals surface area contributed by atoms with Gasteiger partial charge in [0, 0.05) is 25.1 Å². The van der Waals surface area contributed by atoms with E-state index in [-0.39, 0.29) is 67.8 Å². The number of amides is 2. The molecular weight excluding hydrogens is 745 g/mol. The lowest BCUT2D eigenvalue weighted by molar-refractivity contribution is -0.121. The van der Waals surface area contributed by atoms with Crippen molar-refractivity contribution >= 4 is 42.2 Å². The Kier molecular flexibility index (Phi) is 23.8. The van der Waals surface area contributed by atoms with Gasteiger partial charge in [-0.3, -0.25) is 23.2 Å². The molecule has 0 radical (unpaired) electrons. The summed E-state index contributed by atoms with van der Waals surface area (Å²) in [5.41, 5.74) is 0.0821. The number of unbranched alkanes of at least 4 members (excludes halogenated alkanes) is 10. The molecule has 19 heteroatoms. The number of carbonyl (C=O) groups excluding carboxylic acids is 2. The fourth-order valence-electron chi connectivity index (χ4n) is 4.95. The minimum absolute atomic E-state index is 0.0613. The lowest BCUT2D eigenvalue weighted by Gasteiger charge is -2.19. The van der Waals surface area contributed by atoms with Gasteiger partial charge in [-0.15, -0.1) is 0 Å². The standard InChI is InChI=1S/C33H58N2O14S3/c1-2-3-17-31(36)34-18-12-10-8-6-4-5-7-9-11-13-19-35-33(37)28-26-29(47-20-14-23-50(38,39)40)32(49-22-16-25-52(44,45)46)30(27-28)48-21-15-24-51(41,42)43/h26-27H,2-25H2,1H3,(H,34,36)(H,35,37)(H,38,39,40)(H,41,42,43)(H,44,45,46). The van der Waals surface area contributed by atoms with E-state index in [4.69, 9.17) is 27.9 Å². The molecule has 0 aromatic heterocycles. The van der Waals surface area contributed by atoms with Crippen molar-refractivity contribution in [2.75, 3.05) is 50.2 Å². The van der Waals surface area contributed by atoms with E-state index in [1.807, 2.05) is 0 Å². The van der Waals surface area contributed by atoms with Crippen molar-refractivity contribution in [3.8, 4) is 17.2 Å². The van der Waals surface area contributed by atoms with Gasteiger partial charge in [-0.25, -0.2) is 0 Å². The quantitative estimate of drug-likeness (QED) is 0.0494. The van der Waals surface area contributed by atoms with Gasteiger partial charge in [0.25, 0.3) is 36.3 Å². The van der Waals surface area contributed by atoms with E-state index in [1.54, 1.807) is 0 Å². The monoisotopic (exact) mass is 802 g/mol. The summed E-state index contributed by atoms with van der Waals surface area (Å²) in [5.74, 6) is -2.36. The van der Waals surface area contributed by atoms with Crippen LogP contribution >= 0.6 is 0 Å². The number of hydrogen-bond donors (Lipinski definition) is 5. The Labute approximate surface area is 309 Å². The van der Waals surface area contributed by atoms with Crippen molar-refractivity contribution in [1.29, 1.82) is 0 Å².